The number of rotatable bonds is 3. The van der Waals surface area contributed by atoms with E-state index in [-0.39, 0.29) is 0 Å². The second-order valence-corrected chi connectivity index (χ2v) is 4.74. The zero-order valence-electron chi connectivity index (χ0n) is 10.1. The van der Waals surface area contributed by atoms with Crippen LogP contribution in [0.5, 0.6) is 0 Å². The number of aryl methyl sites for hydroxylation is 1. The molecule has 2 rings (SSSR count). The van der Waals surface area contributed by atoms with Crippen LogP contribution in [-0.4, -0.2) is 16.2 Å². The number of hydrogen-bond donors (Lipinski definition) is 3. The molecule has 0 aliphatic carbocycles. The lowest BCUT2D eigenvalue weighted by molar-refractivity contribution is 0.262. The van der Waals surface area contributed by atoms with E-state index in [0.717, 1.165) is 12.1 Å². The number of H-pyrrole nitrogens is 1. The van der Waals surface area contributed by atoms with E-state index in [0.29, 0.717) is 21.6 Å². The van der Waals surface area contributed by atoms with E-state index in [1.54, 1.807) is 24.3 Å². The molecule has 1 aromatic carbocycles. The van der Waals surface area contributed by atoms with Crippen LogP contribution in [-0.2, 0) is 6.42 Å². The van der Waals surface area contributed by atoms with Crippen LogP contribution in [0.1, 0.15) is 12.6 Å². The van der Waals surface area contributed by atoms with E-state index < -0.39 is 6.03 Å². The fourth-order valence-electron chi connectivity index (χ4n) is 1.51. The number of nitrogens with one attached hydrogen (secondary N) is 3. The van der Waals surface area contributed by atoms with Crippen molar-refractivity contribution in [3.05, 3.63) is 40.0 Å². The van der Waals surface area contributed by atoms with Gasteiger partial charge in [0.1, 0.15) is 0 Å². The minimum Gasteiger partial charge on any atom is -0.308 e. The van der Waals surface area contributed by atoms with Crippen molar-refractivity contribution in [2.45, 2.75) is 13.3 Å². The summed E-state index contributed by atoms with van der Waals surface area (Å²) in [5.74, 6) is 0.461. The van der Waals surface area contributed by atoms with Crippen molar-refractivity contribution in [1.29, 1.82) is 0 Å². The highest BCUT2D eigenvalue weighted by molar-refractivity contribution is 6.35. The molecule has 100 valence electrons. The quantitative estimate of drug-likeness (QED) is 0.804. The molecule has 0 saturated carbocycles. The summed E-state index contributed by atoms with van der Waals surface area (Å²) in [7, 11) is 0. The molecule has 0 bridgehead atoms. The average molecular weight is 299 g/mol. The molecule has 0 radical (unpaired) electrons. The Hall–Kier alpha value is -1.72. The smallest absolute Gasteiger partial charge is 0.308 e. The number of carbonyl (C=O) groups is 1. The van der Waals surface area contributed by atoms with Crippen LogP contribution in [0.15, 0.2) is 24.3 Å². The van der Waals surface area contributed by atoms with E-state index >= 15 is 0 Å². The van der Waals surface area contributed by atoms with Crippen LogP contribution in [0, 0.1) is 0 Å². The fraction of sp³-hybridized carbons (Fsp3) is 0.167. The molecule has 1 heterocycles. The molecule has 0 spiro atoms. The first-order valence-electron chi connectivity index (χ1n) is 5.65. The van der Waals surface area contributed by atoms with Crippen molar-refractivity contribution in [3.8, 4) is 0 Å². The third-order valence-electron chi connectivity index (χ3n) is 2.37. The van der Waals surface area contributed by atoms with Crippen molar-refractivity contribution >= 4 is 40.7 Å². The maximum absolute atomic E-state index is 11.7. The number of benzene rings is 1. The Balaban J connectivity index is 2.00. The minimum atomic E-state index is -0.410. The van der Waals surface area contributed by atoms with Gasteiger partial charge in [-0.3, -0.25) is 10.4 Å². The number of amides is 2. The van der Waals surface area contributed by atoms with Gasteiger partial charge in [0, 0.05) is 27.5 Å². The first kappa shape index (κ1) is 13.7. The highest BCUT2D eigenvalue weighted by Crippen LogP contribution is 2.22. The molecule has 2 aromatic rings. The van der Waals surface area contributed by atoms with E-state index in [9.17, 15) is 4.79 Å². The summed E-state index contributed by atoms with van der Waals surface area (Å²) in [6.07, 6.45) is 0.820. The number of nitrogens with zero attached hydrogens (tertiary/aromatic N) is 1. The summed E-state index contributed by atoms with van der Waals surface area (Å²) in [4.78, 5) is 11.7. The summed E-state index contributed by atoms with van der Waals surface area (Å²) in [5, 5.41) is 12.9. The lowest BCUT2D eigenvalue weighted by Crippen LogP contribution is -2.19. The van der Waals surface area contributed by atoms with Gasteiger partial charge in [-0.15, -0.1) is 0 Å². The lowest BCUT2D eigenvalue weighted by atomic mass is 10.3. The number of carbonyl (C=O) groups excluding carboxylic acids is 1. The Morgan fingerprint density at radius 2 is 1.89 bits per heavy atom. The van der Waals surface area contributed by atoms with Crippen molar-refractivity contribution < 1.29 is 4.79 Å². The lowest BCUT2D eigenvalue weighted by Gasteiger charge is -2.06. The van der Waals surface area contributed by atoms with E-state index in [4.69, 9.17) is 23.2 Å². The van der Waals surface area contributed by atoms with E-state index in [2.05, 4.69) is 20.8 Å². The van der Waals surface area contributed by atoms with Crippen molar-refractivity contribution in [3.63, 3.8) is 0 Å². The van der Waals surface area contributed by atoms with Gasteiger partial charge in [-0.05, 0) is 24.6 Å². The van der Waals surface area contributed by atoms with Crippen molar-refractivity contribution in [1.82, 2.24) is 10.2 Å². The van der Waals surface area contributed by atoms with Crippen molar-refractivity contribution in [2.24, 2.45) is 0 Å². The van der Waals surface area contributed by atoms with Gasteiger partial charge in [-0.25, -0.2) is 4.79 Å². The molecule has 0 fully saturated rings. The second-order valence-electron chi connectivity index (χ2n) is 3.87. The van der Waals surface area contributed by atoms with Gasteiger partial charge in [0.2, 0.25) is 0 Å². The average Bonchev–Trinajstić information content (AvgIpc) is 2.74. The van der Waals surface area contributed by atoms with Crippen LogP contribution in [0.25, 0.3) is 0 Å². The number of urea groups is 1. The number of aromatic amines is 1. The first-order valence-corrected chi connectivity index (χ1v) is 6.41. The normalized spacial score (nSPS) is 10.3. The Labute approximate surface area is 120 Å². The Bertz CT molecular complexity index is 577. The molecule has 2 amide bonds. The molecular weight excluding hydrogens is 287 g/mol. The van der Waals surface area contributed by atoms with Gasteiger partial charge < -0.3 is 5.32 Å². The van der Waals surface area contributed by atoms with Crippen molar-refractivity contribution in [2.75, 3.05) is 10.6 Å². The first-order chi connectivity index (χ1) is 9.06. The molecule has 19 heavy (non-hydrogen) atoms. The fourth-order valence-corrected chi connectivity index (χ4v) is 2.04. The largest absolute Gasteiger partial charge is 0.324 e. The molecule has 0 atom stereocenters. The Morgan fingerprint density at radius 3 is 2.47 bits per heavy atom. The molecule has 3 N–H and O–H groups in total. The SMILES string of the molecule is CCc1cc(NC(=O)Nc2cc(Cl)cc(Cl)c2)n[nH]1. The number of hydrogen-bond acceptors (Lipinski definition) is 2. The zero-order chi connectivity index (χ0) is 13.8. The van der Waals surface area contributed by atoms with Crippen LogP contribution in [0.2, 0.25) is 10.0 Å². The van der Waals surface area contributed by atoms with Crippen LogP contribution < -0.4 is 10.6 Å². The highest BCUT2D eigenvalue weighted by Gasteiger charge is 2.06. The highest BCUT2D eigenvalue weighted by atomic mass is 35.5. The molecule has 0 aliphatic rings. The molecule has 0 aliphatic heterocycles. The van der Waals surface area contributed by atoms with Gasteiger partial charge in [-0.1, -0.05) is 30.1 Å². The number of aromatic nitrogens is 2. The van der Waals surface area contributed by atoms with Gasteiger partial charge >= 0.3 is 6.03 Å². The van der Waals surface area contributed by atoms with Gasteiger partial charge in [0.25, 0.3) is 0 Å². The maximum atomic E-state index is 11.7. The summed E-state index contributed by atoms with van der Waals surface area (Å²) < 4.78 is 0. The topological polar surface area (TPSA) is 69.8 Å². The zero-order valence-corrected chi connectivity index (χ0v) is 11.6. The molecular formula is C12H12Cl2N4O. The molecule has 5 nitrogen and oxygen atoms in total. The summed E-state index contributed by atoms with van der Waals surface area (Å²) >= 11 is 11.7. The van der Waals surface area contributed by atoms with Gasteiger partial charge in [0.15, 0.2) is 5.82 Å². The third kappa shape index (κ3) is 3.87. The Morgan fingerprint density at radius 1 is 1.21 bits per heavy atom. The van der Waals surface area contributed by atoms with Gasteiger partial charge in [0.05, 0.1) is 0 Å². The van der Waals surface area contributed by atoms with Crippen LogP contribution in [0.3, 0.4) is 0 Å². The molecule has 7 heteroatoms. The van der Waals surface area contributed by atoms with E-state index in [1.165, 1.54) is 0 Å². The minimum absolute atomic E-state index is 0.410. The predicted octanol–water partition coefficient (Wildman–Crippen LogP) is 3.92. The Kier molecular flexibility index (Phi) is 4.29. The third-order valence-corrected chi connectivity index (χ3v) is 2.81. The van der Waals surface area contributed by atoms with Gasteiger partial charge in [-0.2, -0.15) is 5.10 Å². The molecule has 1 aromatic heterocycles. The van der Waals surface area contributed by atoms with Crippen LogP contribution >= 0.6 is 23.2 Å². The molecule has 0 unspecified atom stereocenters. The number of anilines is 2. The standard InChI is InChI=1S/C12H12Cl2N4O/c1-2-9-6-11(18-17-9)16-12(19)15-10-4-7(13)3-8(14)5-10/h3-6H,2H2,1H3,(H3,15,16,17,18,19). The number of halogens is 2. The monoisotopic (exact) mass is 298 g/mol. The predicted molar refractivity (Wildman–Crippen MR) is 77.1 cm³/mol. The summed E-state index contributed by atoms with van der Waals surface area (Å²) in [6.45, 7) is 1.99. The molecule has 0 saturated heterocycles. The van der Waals surface area contributed by atoms with Crippen LogP contribution in [0.4, 0.5) is 16.3 Å². The summed E-state index contributed by atoms with van der Waals surface area (Å²) in [6, 6.07) is 6.16. The summed E-state index contributed by atoms with van der Waals surface area (Å²) in [5.41, 5.74) is 1.46. The maximum Gasteiger partial charge on any atom is 0.324 e. The van der Waals surface area contributed by atoms with E-state index in [1.807, 2.05) is 6.92 Å². The second kappa shape index (κ2) is 5.95.